The Morgan fingerprint density at radius 1 is 1.47 bits per heavy atom. The number of hydrogen-bond acceptors (Lipinski definition) is 4. The summed E-state index contributed by atoms with van der Waals surface area (Å²) in [5, 5.41) is 11.9. The normalized spacial score (nSPS) is 12.1. The summed E-state index contributed by atoms with van der Waals surface area (Å²) in [6, 6.07) is 2.41. The molecule has 0 fully saturated rings. The molecule has 4 heteroatoms. The van der Waals surface area contributed by atoms with Gasteiger partial charge < -0.3 is 5.32 Å². The van der Waals surface area contributed by atoms with Gasteiger partial charge in [-0.05, 0) is 13.3 Å². The zero-order valence-corrected chi connectivity index (χ0v) is 9.20. The second-order valence-corrected chi connectivity index (χ2v) is 3.50. The maximum absolute atomic E-state index is 8.58. The predicted molar refractivity (Wildman–Crippen MR) is 57.9 cm³/mol. The van der Waals surface area contributed by atoms with E-state index in [2.05, 4.69) is 28.3 Å². The van der Waals surface area contributed by atoms with Crippen LogP contribution in [0.5, 0.6) is 0 Å². The summed E-state index contributed by atoms with van der Waals surface area (Å²) < 4.78 is 0. The van der Waals surface area contributed by atoms with E-state index in [1.807, 2.05) is 6.92 Å². The number of rotatable bonds is 5. The molecule has 0 aromatic carbocycles. The Hall–Kier alpha value is -1.47. The van der Waals surface area contributed by atoms with Crippen LogP contribution in [0.1, 0.15) is 31.2 Å². The average Bonchev–Trinajstić information content (AvgIpc) is 2.26. The lowest BCUT2D eigenvalue weighted by molar-refractivity contribution is 0.500. The van der Waals surface area contributed by atoms with Crippen LogP contribution >= 0.6 is 0 Å². The van der Waals surface area contributed by atoms with Crippen molar-refractivity contribution in [3.8, 4) is 6.07 Å². The molecular weight excluding hydrogens is 188 g/mol. The first-order valence-electron chi connectivity index (χ1n) is 5.14. The van der Waals surface area contributed by atoms with Crippen LogP contribution in [0.15, 0.2) is 12.4 Å². The second kappa shape index (κ2) is 6.10. The molecule has 0 amide bonds. The Morgan fingerprint density at radius 3 is 2.80 bits per heavy atom. The molecular formula is C11H16N4. The first-order chi connectivity index (χ1) is 7.26. The summed E-state index contributed by atoms with van der Waals surface area (Å²) in [5.41, 5.74) is 1.83. The van der Waals surface area contributed by atoms with Crippen LogP contribution in [0, 0.1) is 18.3 Å². The summed E-state index contributed by atoms with van der Waals surface area (Å²) in [7, 11) is 0. The van der Waals surface area contributed by atoms with E-state index in [1.54, 1.807) is 12.4 Å². The average molecular weight is 204 g/mol. The maximum atomic E-state index is 8.58. The molecule has 1 rings (SSSR count). The Bertz CT molecular complexity index is 325. The number of nitrogens with one attached hydrogen (secondary N) is 1. The lowest BCUT2D eigenvalue weighted by Gasteiger charge is -2.12. The van der Waals surface area contributed by atoms with E-state index in [-0.39, 0.29) is 6.04 Å². The van der Waals surface area contributed by atoms with E-state index in [1.165, 1.54) is 0 Å². The summed E-state index contributed by atoms with van der Waals surface area (Å²) in [5.74, 6) is 0. The van der Waals surface area contributed by atoms with Gasteiger partial charge in [-0.15, -0.1) is 0 Å². The van der Waals surface area contributed by atoms with Gasteiger partial charge in [0.05, 0.1) is 23.9 Å². The third kappa shape index (κ3) is 4.05. The van der Waals surface area contributed by atoms with Gasteiger partial charge in [-0.3, -0.25) is 9.97 Å². The fourth-order valence-corrected chi connectivity index (χ4v) is 1.23. The van der Waals surface area contributed by atoms with Crippen molar-refractivity contribution in [3.63, 3.8) is 0 Å². The van der Waals surface area contributed by atoms with Gasteiger partial charge >= 0.3 is 0 Å². The number of aryl methyl sites for hydroxylation is 1. The Morgan fingerprint density at radius 2 is 2.27 bits per heavy atom. The molecule has 0 aliphatic heterocycles. The highest BCUT2D eigenvalue weighted by atomic mass is 14.9. The van der Waals surface area contributed by atoms with E-state index in [4.69, 9.17) is 5.26 Å². The van der Waals surface area contributed by atoms with E-state index >= 15 is 0 Å². The molecule has 80 valence electrons. The first-order valence-corrected chi connectivity index (χ1v) is 5.14. The molecule has 4 nitrogen and oxygen atoms in total. The molecule has 0 spiro atoms. The van der Waals surface area contributed by atoms with Crippen molar-refractivity contribution in [2.45, 2.75) is 39.3 Å². The Kier molecular flexibility index (Phi) is 4.72. The van der Waals surface area contributed by atoms with Crippen LogP contribution in [-0.2, 0) is 6.54 Å². The van der Waals surface area contributed by atoms with E-state index in [0.717, 1.165) is 17.8 Å². The maximum Gasteiger partial charge on any atom is 0.0724 e. The van der Waals surface area contributed by atoms with Crippen molar-refractivity contribution >= 4 is 0 Å². The Balaban J connectivity index is 2.42. The summed E-state index contributed by atoms with van der Waals surface area (Å²) in [6.45, 7) is 4.65. The molecule has 0 aliphatic rings. The molecule has 1 N–H and O–H groups in total. The zero-order valence-electron chi connectivity index (χ0n) is 9.20. The topological polar surface area (TPSA) is 61.6 Å². The van der Waals surface area contributed by atoms with Crippen LogP contribution < -0.4 is 5.32 Å². The molecule has 0 saturated heterocycles. The number of hydrogen-bond donors (Lipinski definition) is 1. The molecule has 0 radical (unpaired) electrons. The van der Waals surface area contributed by atoms with Crippen molar-refractivity contribution in [1.82, 2.24) is 15.3 Å². The van der Waals surface area contributed by atoms with Gasteiger partial charge in [-0.2, -0.15) is 5.26 Å². The monoisotopic (exact) mass is 204 g/mol. The van der Waals surface area contributed by atoms with Crippen molar-refractivity contribution in [2.75, 3.05) is 0 Å². The fraction of sp³-hybridized carbons (Fsp3) is 0.545. The van der Waals surface area contributed by atoms with Crippen LogP contribution in [0.3, 0.4) is 0 Å². The molecule has 0 bridgehead atoms. The summed E-state index contributed by atoms with van der Waals surface area (Å²) >= 11 is 0. The lowest BCUT2D eigenvalue weighted by Crippen LogP contribution is -2.27. The van der Waals surface area contributed by atoms with Gasteiger partial charge in [0.2, 0.25) is 0 Å². The zero-order chi connectivity index (χ0) is 11.1. The SMILES string of the molecule is CCC(CC#N)NCc1cnc(C)cn1. The first kappa shape index (κ1) is 11.6. The van der Waals surface area contributed by atoms with Crippen molar-refractivity contribution in [1.29, 1.82) is 5.26 Å². The Labute approximate surface area is 90.4 Å². The number of nitrogens with zero attached hydrogens (tertiary/aromatic N) is 3. The van der Waals surface area contributed by atoms with Crippen LogP contribution in [0.4, 0.5) is 0 Å². The van der Waals surface area contributed by atoms with Gasteiger partial charge in [0, 0.05) is 25.0 Å². The predicted octanol–water partition coefficient (Wildman–Crippen LogP) is 1.57. The van der Waals surface area contributed by atoms with Gasteiger partial charge in [0.1, 0.15) is 0 Å². The number of aromatic nitrogens is 2. The molecule has 1 aromatic rings. The van der Waals surface area contributed by atoms with Crippen molar-refractivity contribution in [3.05, 3.63) is 23.8 Å². The molecule has 1 heterocycles. The second-order valence-electron chi connectivity index (χ2n) is 3.50. The van der Waals surface area contributed by atoms with E-state index in [9.17, 15) is 0 Å². The van der Waals surface area contributed by atoms with Crippen LogP contribution in [-0.4, -0.2) is 16.0 Å². The third-order valence-corrected chi connectivity index (χ3v) is 2.24. The number of nitriles is 1. The van der Waals surface area contributed by atoms with Gasteiger partial charge in [0.15, 0.2) is 0 Å². The van der Waals surface area contributed by atoms with Gasteiger partial charge in [-0.25, -0.2) is 0 Å². The molecule has 1 atom stereocenters. The van der Waals surface area contributed by atoms with E-state index < -0.39 is 0 Å². The van der Waals surface area contributed by atoms with Crippen LogP contribution in [0.2, 0.25) is 0 Å². The lowest BCUT2D eigenvalue weighted by atomic mass is 10.1. The molecule has 1 unspecified atom stereocenters. The minimum Gasteiger partial charge on any atom is -0.307 e. The molecule has 0 aliphatic carbocycles. The largest absolute Gasteiger partial charge is 0.307 e. The quantitative estimate of drug-likeness (QED) is 0.790. The third-order valence-electron chi connectivity index (χ3n) is 2.24. The molecule has 15 heavy (non-hydrogen) atoms. The van der Waals surface area contributed by atoms with Crippen LogP contribution in [0.25, 0.3) is 0 Å². The van der Waals surface area contributed by atoms with Crippen molar-refractivity contribution < 1.29 is 0 Å². The summed E-state index contributed by atoms with van der Waals surface area (Å²) in [6.07, 6.45) is 5.01. The standard InChI is InChI=1S/C11H16N4/c1-3-10(4-5-12)15-8-11-7-13-9(2)6-14-11/h6-7,10,15H,3-4,8H2,1-2H3. The molecule has 1 aromatic heterocycles. The fourth-order valence-electron chi connectivity index (χ4n) is 1.23. The highest BCUT2D eigenvalue weighted by Gasteiger charge is 2.04. The minimum absolute atomic E-state index is 0.248. The van der Waals surface area contributed by atoms with Gasteiger partial charge in [0.25, 0.3) is 0 Å². The summed E-state index contributed by atoms with van der Waals surface area (Å²) in [4.78, 5) is 8.40. The van der Waals surface area contributed by atoms with Gasteiger partial charge in [-0.1, -0.05) is 6.92 Å². The highest BCUT2D eigenvalue weighted by Crippen LogP contribution is 1.99. The molecule has 0 saturated carbocycles. The van der Waals surface area contributed by atoms with Crippen molar-refractivity contribution in [2.24, 2.45) is 0 Å². The highest BCUT2D eigenvalue weighted by molar-refractivity contribution is 5.00. The minimum atomic E-state index is 0.248. The smallest absolute Gasteiger partial charge is 0.0724 e. The van der Waals surface area contributed by atoms with E-state index in [0.29, 0.717) is 13.0 Å².